The lowest BCUT2D eigenvalue weighted by Gasteiger charge is -2.34. The third kappa shape index (κ3) is 4.41. The molecule has 0 bridgehead atoms. The minimum absolute atomic E-state index is 0.381. The Morgan fingerprint density at radius 2 is 1.72 bits per heavy atom. The van der Waals surface area contributed by atoms with Gasteiger partial charge in [0.2, 0.25) is 0 Å². The van der Waals surface area contributed by atoms with Gasteiger partial charge in [-0.1, -0.05) is 6.92 Å². The number of rotatable bonds is 4. The van der Waals surface area contributed by atoms with Gasteiger partial charge in [0.25, 0.3) is 10.2 Å². The lowest BCUT2D eigenvalue weighted by atomic mass is 9.99. The summed E-state index contributed by atoms with van der Waals surface area (Å²) in [7, 11) is -3.64. The van der Waals surface area contributed by atoms with Gasteiger partial charge in [-0.15, -0.1) is 11.3 Å². The van der Waals surface area contributed by atoms with Gasteiger partial charge >= 0.3 is 0 Å². The predicted molar refractivity (Wildman–Crippen MR) is 117 cm³/mol. The van der Waals surface area contributed by atoms with Crippen LogP contribution in [0.25, 0.3) is 10.2 Å². The number of anilines is 1. The normalized spacial score (nSPS) is 20.6. The number of hydrogen-bond donors (Lipinski definition) is 1. The van der Waals surface area contributed by atoms with Crippen LogP contribution in [0.4, 0.5) is 5.82 Å². The Hall–Kier alpha value is -1.33. The van der Waals surface area contributed by atoms with Gasteiger partial charge < -0.3 is 4.90 Å². The molecule has 2 aromatic heterocycles. The summed E-state index contributed by atoms with van der Waals surface area (Å²) in [5, 5.41) is 6.40. The highest BCUT2D eigenvalue weighted by Gasteiger charge is 2.27. The molecule has 29 heavy (non-hydrogen) atoms. The van der Waals surface area contributed by atoms with Crippen molar-refractivity contribution in [2.45, 2.75) is 40.2 Å². The Morgan fingerprint density at radius 3 is 2.34 bits per heavy atom. The van der Waals surface area contributed by atoms with Gasteiger partial charge in [-0.3, -0.25) is 4.90 Å². The fourth-order valence-electron chi connectivity index (χ4n) is 4.15. The Morgan fingerprint density at radius 1 is 1.07 bits per heavy atom. The van der Waals surface area contributed by atoms with Crippen molar-refractivity contribution in [2.24, 2.45) is 11.1 Å². The van der Waals surface area contributed by atoms with Crippen molar-refractivity contribution in [3.63, 3.8) is 0 Å². The number of nitrogens with zero attached hydrogens (tertiary/aromatic N) is 5. The van der Waals surface area contributed by atoms with Gasteiger partial charge in [0.15, 0.2) is 0 Å². The SMILES string of the molecule is Cc1sc2nc(CN3CCC(C)CC3)nc(N3CCN(S(N)(=O)=O)CC3)c2c1C. The molecule has 4 heterocycles. The molecule has 2 aromatic rings. The fraction of sp³-hybridized carbons (Fsp3) is 0.684. The largest absolute Gasteiger partial charge is 0.353 e. The minimum atomic E-state index is -3.64. The van der Waals surface area contributed by atoms with Crippen LogP contribution in [0.3, 0.4) is 0 Å². The van der Waals surface area contributed by atoms with Crippen LogP contribution in [0, 0.1) is 19.8 Å². The number of piperidine rings is 1. The summed E-state index contributed by atoms with van der Waals surface area (Å²) in [5.41, 5.74) is 1.22. The molecule has 160 valence electrons. The molecule has 8 nitrogen and oxygen atoms in total. The van der Waals surface area contributed by atoms with Gasteiger partial charge in [-0.05, 0) is 51.3 Å². The van der Waals surface area contributed by atoms with Gasteiger partial charge in [-0.2, -0.15) is 12.7 Å². The molecule has 10 heteroatoms. The lowest BCUT2D eigenvalue weighted by molar-refractivity contribution is 0.181. The van der Waals surface area contributed by atoms with Gasteiger partial charge in [0, 0.05) is 31.1 Å². The molecule has 0 atom stereocenters. The molecule has 0 saturated carbocycles. The zero-order valence-electron chi connectivity index (χ0n) is 17.4. The van der Waals surface area contributed by atoms with E-state index in [9.17, 15) is 8.42 Å². The molecule has 0 amide bonds. The highest BCUT2D eigenvalue weighted by Crippen LogP contribution is 2.35. The van der Waals surface area contributed by atoms with E-state index in [-0.39, 0.29) is 0 Å². The van der Waals surface area contributed by atoms with E-state index in [1.54, 1.807) is 11.3 Å². The second kappa shape index (κ2) is 8.07. The molecule has 0 spiro atoms. The number of likely N-dealkylation sites (tertiary alicyclic amines) is 1. The van der Waals surface area contributed by atoms with Crippen LogP contribution < -0.4 is 10.0 Å². The number of hydrogen-bond acceptors (Lipinski definition) is 7. The van der Waals surface area contributed by atoms with Crippen LogP contribution in [0.15, 0.2) is 0 Å². The van der Waals surface area contributed by atoms with E-state index in [0.29, 0.717) is 26.2 Å². The van der Waals surface area contributed by atoms with Crippen LogP contribution in [-0.4, -0.2) is 66.9 Å². The van der Waals surface area contributed by atoms with E-state index in [2.05, 4.69) is 30.6 Å². The number of aryl methyl sites for hydroxylation is 2. The third-order valence-corrected chi connectivity index (χ3v) is 8.38. The highest BCUT2D eigenvalue weighted by atomic mass is 32.2. The summed E-state index contributed by atoms with van der Waals surface area (Å²) >= 11 is 1.72. The number of fused-ring (bicyclic) bond motifs is 1. The van der Waals surface area contributed by atoms with Crippen molar-refractivity contribution in [2.75, 3.05) is 44.2 Å². The first-order valence-corrected chi connectivity index (χ1v) is 12.6. The maximum atomic E-state index is 11.7. The Kier molecular flexibility index (Phi) is 5.82. The van der Waals surface area contributed by atoms with Crippen LogP contribution >= 0.6 is 11.3 Å². The van der Waals surface area contributed by atoms with E-state index in [1.807, 2.05) is 0 Å². The summed E-state index contributed by atoms with van der Waals surface area (Å²) in [4.78, 5) is 16.8. The molecule has 4 rings (SSSR count). The van der Waals surface area contributed by atoms with Crippen LogP contribution in [0.5, 0.6) is 0 Å². The summed E-state index contributed by atoms with van der Waals surface area (Å²) in [6.07, 6.45) is 2.45. The molecule has 0 aliphatic carbocycles. The summed E-state index contributed by atoms with van der Waals surface area (Å²) < 4.78 is 24.6. The average molecular weight is 439 g/mol. The Balaban J connectivity index is 1.63. The van der Waals surface area contributed by atoms with Gasteiger partial charge in [0.05, 0.1) is 11.9 Å². The molecule has 2 saturated heterocycles. The van der Waals surface area contributed by atoms with Crippen LogP contribution in [0.1, 0.15) is 36.0 Å². The van der Waals surface area contributed by atoms with Crippen molar-refractivity contribution in [1.82, 2.24) is 19.2 Å². The Bertz CT molecular complexity index is 990. The maximum Gasteiger partial charge on any atom is 0.277 e. The van der Waals surface area contributed by atoms with Crippen molar-refractivity contribution in [3.05, 3.63) is 16.3 Å². The average Bonchev–Trinajstić information content (AvgIpc) is 2.96. The first-order chi connectivity index (χ1) is 13.7. The van der Waals surface area contributed by atoms with E-state index in [4.69, 9.17) is 15.1 Å². The van der Waals surface area contributed by atoms with E-state index in [0.717, 1.165) is 47.4 Å². The first kappa shape index (κ1) is 20.9. The van der Waals surface area contributed by atoms with E-state index >= 15 is 0 Å². The zero-order valence-corrected chi connectivity index (χ0v) is 19.0. The fourth-order valence-corrected chi connectivity index (χ4v) is 5.86. The second-order valence-corrected chi connectivity index (χ2v) is 11.1. The van der Waals surface area contributed by atoms with E-state index < -0.39 is 10.2 Å². The molecule has 0 radical (unpaired) electrons. The molecule has 2 aliphatic heterocycles. The topological polar surface area (TPSA) is 95.7 Å². The minimum Gasteiger partial charge on any atom is -0.353 e. The quantitative estimate of drug-likeness (QED) is 0.783. The monoisotopic (exact) mass is 438 g/mol. The van der Waals surface area contributed by atoms with E-state index in [1.165, 1.54) is 27.6 Å². The highest BCUT2D eigenvalue weighted by molar-refractivity contribution is 7.86. The summed E-state index contributed by atoms with van der Waals surface area (Å²) in [5.74, 6) is 2.59. The number of piperazine rings is 1. The zero-order chi connectivity index (χ0) is 20.8. The molecule has 0 aromatic carbocycles. The lowest BCUT2D eigenvalue weighted by Crippen LogP contribution is -2.51. The number of aromatic nitrogens is 2. The molecule has 2 fully saturated rings. The number of thiophene rings is 1. The van der Waals surface area contributed by atoms with Crippen molar-refractivity contribution >= 4 is 37.6 Å². The van der Waals surface area contributed by atoms with Crippen molar-refractivity contribution in [1.29, 1.82) is 0 Å². The molecule has 2 aliphatic rings. The summed E-state index contributed by atoms with van der Waals surface area (Å²) in [6.45, 7) is 11.4. The molecular formula is C19H30N6O2S2. The third-order valence-electron chi connectivity index (χ3n) is 6.20. The predicted octanol–water partition coefficient (Wildman–Crippen LogP) is 1.87. The van der Waals surface area contributed by atoms with Crippen LogP contribution in [0.2, 0.25) is 0 Å². The van der Waals surface area contributed by atoms with Crippen LogP contribution in [-0.2, 0) is 16.8 Å². The van der Waals surface area contributed by atoms with Crippen molar-refractivity contribution < 1.29 is 8.42 Å². The number of nitrogens with two attached hydrogens (primary N) is 1. The first-order valence-electron chi connectivity index (χ1n) is 10.2. The molecule has 2 N–H and O–H groups in total. The van der Waals surface area contributed by atoms with Gasteiger partial charge in [0.1, 0.15) is 16.5 Å². The second-order valence-electron chi connectivity index (χ2n) is 8.32. The van der Waals surface area contributed by atoms with Gasteiger partial charge in [-0.25, -0.2) is 15.1 Å². The Labute approximate surface area is 176 Å². The molecular weight excluding hydrogens is 408 g/mol. The summed E-state index contributed by atoms with van der Waals surface area (Å²) in [6, 6.07) is 0. The smallest absolute Gasteiger partial charge is 0.277 e. The molecule has 0 unspecified atom stereocenters. The standard InChI is InChI=1S/C19H30N6O2S2/c1-13-4-6-23(7-5-13)12-16-21-18(17-14(2)15(3)28-19(17)22-16)24-8-10-25(11-9-24)29(20,26)27/h13H,4-12H2,1-3H3,(H2,20,26,27). The van der Waals surface area contributed by atoms with Crippen molar-refractivity contribution in [3.8, 4) is 0 Å². The maximum absolute atomic E-state index is 11.7.